The molecule has 2 atom stereocenters. The first kappa shape index (κ1) is 11.2. The lowest BCUT2D eigenvalue weighted by Gasteiger charge is -2.43. The van der Waals surface area contributed by atoms with Crippen molar-refractivity contribution in [1.82, 2.24) is 0 Å². The molecule has 1 fully saturated rings. The molecule has 3 rings (SSSR count). The number of hydrogen-bond donors (Lipinski definition) is 0. The van der Waals surface area contributed by atoms with Crippen molar-refractivity contribution in [2.75, 3.05) is 0 Å². The second-order valence-electron chi connectivity index (χ2n) is 6.10. The summed E-state index contributed by atoms with van der Waals surface area (Å²) < 4.78 is 0. The fraction of sp³-hybridized carbons (Fsp3) is 0.857. The first-order valence-corrected chi connectivity index (χ1v) is 7.07. The molecule has 0 aromatic carbocycles. The van der Waals surface area contributed by atoms with Crippen LogP contribution in [0.4, 0.5) is 0 Å². The molecule has 0 bridgehead atoms. The molecule has 17 heavy (non-hydrogen) atoms. The van der Waals surface area contributed by atoms with Crippen LogP contribution in [0.3, 0.4) is 0 Å². The van der Waals surface area contributed by atoms with Gasteiger partial charge in [0.2, 0.25) is 5.54 Å². The van der Waals surface area contributed by atoms with E-state index in [4.69, 9.17) is 0 Å². The highest BCUT2D eigenvalue weighted by Crippen LogP contribution is 2.50. The van der Waals surface area contributed by atoms with Gasteiger partial charge in [0.05, 0.1) is 0 Å². The molecule has 0 N–H and O–H groups in total. The monoisotopic (exact) mass is 235 g/mol. The van der Waals surface area contributed by atoms with E-state index in [1.54, 1.807) is 5.57 Å². The van der Waals surface area contributed by atoms with Gasteiger partial charge in [0.1, 0.15) is 0 Å². The molecule has 0 aromatic rings. The maximum absolute atomic E-state index is 11.6. The molecular formula is C14H21NO2. The molecule has 94 valence electrons. The number of nitro groups is 1. The van der Waals surface area contributed by atoms with Crippen LogP contribution >= 0.6 is 0 Å². The van der Waals surface area contributed by atoms with Gasteiger partial charge in [-0.2, -0.15) is 0 Å². The second-order valence-corrected chi connectivity index (χ2v) is 6.10. The summed E-state index contributed by atoms with van der Waals surface area (Å²) in [4.78, 5) is 11.6. The summed E-state index contributed by atoms with van der Waals surface area (Å²) in [5.74, 6) is 0.336. The quantitative estimate of drug-likeness (QED) is 0.393. The minimum atomic E-state index is -0.575. The van der Waals surface area contributed by atoms with Gasteiger partial charge in [-0.1, -0.05) is 17.6 Å². The lowest BCUT2D eigenvalue weighted by Crippen LogP contribution is -2.50. The Morgan fingerprint density at radius 3 is 2.65 bits per heavy atom. The zero-order chi connectivity index (χ0) is 11.9. The third-order valence-corrected chi connectivity index (χ3v) is 5.26. The van der Waals surface area contributed by atoms with Gasteiger partial charge >= 0.3 is 0 Å². The minimum Gasteiger partial charge on any atom is -0.264 e. The molecule has 3 aliphatic carbocycles. The molecule has 0 radical (unpaired) electrons. The van der Waals surface area contributed by atoms with Gasteiger partial charge in [0.15, 0.2) is 0 Å². The van der Waals surface area contributed by atoms with Crippen molar-refractivity contribution in [1.29, 1.82) is 0 Å². The summed E-state index contributed by atoms with van der Waals surface area (Å²) in [6.45, 7) is 0. The predicted molar refractivity (Wildman–Crippen MR) is 66.4 cm³/mol. The van der Waals surface area contributed by atoms with E-state index in [0.717, 1.165) is 38.5 Å². The van der Waals surface area contributed by atoms with Gasteiger partial charge in [-0.05, 0) is 44.9 Å². The van der Waals surface area contributed by atoms with E-state index >= 15 is 0 Å². The van der Waals surface area contributed by atoms with Crippen LogP contribution in [-0.2, 0) is 0 Å². The first-order valence-electron chi connectivity index (χ1n) is 7.07. The maximum Gasteiger partial charge on any atom is 0.229 e. The van der Waals surface area contributed by atoms with Crippen LogP contribution in [0.25, 0.3) is 0 Å². The zero-order valence-electron chi connectivity index (χ0n) is 10.4. The van der Waals surface area contributed by atoms with Crippen molar-refractivity contribution in [2.45, 2.75) is 69.7 Å². The number of allylic oxidation sites excluding steroid dienone is 1. The van der Waals surface area contributed by atoms with Gasteiger partial charge in [-0.25, -0.2) is 0 Å². The molecule has 0 saturated heterocycles. The maximum atomic E-state index is 11.6. The smallest absolute Gasteiger partial charge is 0.229 e. The second kappa shape index (κ2) is 4.11. The highest BCUT2D eigenvalue weighted by Gasteiger charge is 2.54. The van der Waals surface area contributed by atoms with Crippen LogP contribution in [0.2, 0.25) is 0 Å². The van der Waals surface area contributed by atoms with E-state index in [9.17, 15) is 10.1 Å². The molecule has 0 heterocycles. The molecule has 0 aliphatic heterocycles. The van der Waals surface area contributed by atoms with E-state index in [0.29, 0.717) is 5.92 Å². The Hall–Kier alpha value is -0.860. The number of rotatable bonds is 1. The van der Waals surface area contributed by atoms with Crippen molar-refractivity contribution in [3.63, 3.8) is 0 Å². The van der Waals surface area contributed by atoms with Crippen LogP contribution in [0, 0.1) is 16.0 Å². The number of nitrogens with zero attached hydrogens (tertiary/aromatic N) is 1. The van der Waals surface area contributed by atoms with Gasteiger partial charge in [0.25, 0.3) is 0 Å². The Morgan fingerprint density at radius 2 is 1.88 bits per heavy atom. The highest BCUT2D eigenvalue weighted by atomic mass is 16.6. The van der Waals surface area contributed by atoms with Crippen molar-refractivity contribution < 1.29 is 4.92 Å². The Labute approximate surface area is 102 Å². The largest absolute Gasteiger partial charge is 0.264 e. The Morgan fingerprint density at radius 1 is 1.12 bits per heavy atom. The van der Waals surface area contributed by atoms with Gasteiger partial charge in [-0.15, -0.1) is 0 Å². The van der Waals surface area contributed by atoms with Gasteiger partial charge in [-0.3, -0.25) is 10.1 Å². The molecule has 3 aliphatic rings. The number of hydrogen-bond acceptors (Lipinski definition) is 2. The molecule has 0 aromatic heterocycles. The van der Waals surface area contributed by atoms with E-state index in [2.05, 4.69) is 0 Å². The van der Waals surface area contributed by atoms with E-state index in [1.165, 1.54) is 31.3 Å². The fourth-order valence-electron chi connectivity index (χ4n) is 4.28. The molecule has 0 amide bonds. The summed E-state index contributed by atoms with van der Waals surface area (Å²) in [5.41, 5.74) is 2.49. The lowest BCUT2D eigenvalue weighted by molar-refractivity contribution is -0.586. The summed E-state index contributed by atoms with van der Waals surface area (Å²) in [7, 11) is 0. The van der Waals surface area contributed by atoms with Crippen LogP contribution in [0.5, 0.6) is 0 Å². The third kappa shape index (κ3) is 1.71. The van der Waals surface area contributed by atoms with Gasteiger partial charge < -0.3 is 0 Å². The first-order chi connectivity index (χ1) is 8.22. The summed E-state index contributed by atoms with van der Waals surface area (Å²) >= 11 is 0. The van der Waals surface area contributed by atoms with Gasteiger partial charge in [0, 0.05) is 23.7 Å². The fourth-order valence-corrected chi connectivity index (χ4v) is 4.28. The topological polar surface area (TPSA) is 43.1 Å². The van der Waals surface area contributed by atoms with E-state index in [1.807, 2.05) is 0 Å². The average Bonchev–Trinajstić information content (AvgIpc) is 2.36. The Bertz CT molecular complexity index is 374. The van der Waals surface area contributed by atoms with Crippen LogP contribution in [-0.4, -0.2) is 10.5 Å². The summed E-state index contributed by atoms with van der Waals surface area (Å²) in [6.07, 6.45) is 10.9. The van der Waals surface area contributed by atoms with Crippen LogP contribution in [0.15, 0.2) is 11.1 Å². The Balaban J connectivity index is 1.95. The molecule has 0 spiro atoms. The minimum absolute atomic E-state index is 0.0786. The molecular weight excluding hydrogens is 214 g/mol. The SMILES string of the molecule is O=[N+]([O-])[C@@]12CCCC[C@@H]1CC1=C(CCCC1)C2. The van der Waals surface area contributed by atoms with Crippen molar-refractivity contribution in [2.24, 2.45) is 5.92 Å². The molecule has 1 saturated carbocycles. The van der Waals surface area contributed by atoms with Crippen molar-refractivity contribution in [3.8, 4) is 0 Å². The van der Waals surface area contributed by atoms with Crippen molar-refractivity contribution in [3.05, 3.63) is 21.3 Å². The van der Waals surface area contributed by atoms with E-state index < -0.39 is 5.54 Å². The molecule has 3 heteroatoms. The highest BCUT2D eigenvalue weighted by molar-refractivity contribution is 5.25. The number of fused-ring (bicyclic) bond motifs is 1. The predicted octanol–water partition coefficient (Wildman–Crippen LogP) is 3.86. The normalized spacial score (nSPS) is 37.3. The standard InChI is InChI=1S/C14H21NO2/c16-15(17)14-8-4-3-7-13(14)9-11-5-1-2-6-12(11)10-14/h13H,1-10H2/t13-,14-/m1/s1. The summed E-state index contributed by atoms with van der Waals surface area (Å²) in [5, 5.41) is 11.6. The lowest BCUT2D eigenvalue weighted by atomic mass is 9.62. The van der Waals surface area contributed by atoms with E-state index in [-0.39, 0.29) is 4.92 Å². The third-order valence-electron chi connectivity index (χ3n) is 5.26. The zero-order valence-corrected chi connectivity index (χ0v) is 10.4. The van der Waals surface area contributed by atoms with Crippen LogP contribution < -0.4 is 0 Å². The van der Waals surface area contributed by atoms with Crippen molar-refractivity contribution >= 4 is 0 Å². The molecule has 3 nitrogen and oxygen atoms in total. The Kier molecular flexibility index (Phi) is 2.72. The average molecular weight is 235 g/mol. The molecule has 0 unspecified atom stereocenters. The van der Waals surface area contributed by atoms with Crippen LogP contribution in [0.1, 0.15) is 64.2 Å². The summed E-state index contributed by atoms with van der Waals surface area (Å²) in [6, 6.07) is 0.